The number of aliphatic hydroxyl groups is 1. The summed E-state index contributed by atoms with van der Waals surface area (Å²) in [5, 5.41) is 12.8. The fourth-order valence-electron chi connectivity index (χ4n) is 2.08. The van der Waals surface area contributed by atoms with Crippen LogP contribution in [0.2, 0.25) is 0 Å². The van der Waals surface area contributed by atoms with Crippen molar-refractivity contribution in [2.24, 2.45) is 0 Å². The van der Waals surface area contributed by atoms with Gasteiger partial charge in [-0.3, -0.25) is 4.79 Å². The van der Waals surface area contributed by atoms with Crippen LogP contribution >= 0.6 is 11.3 Å². The van der Waals surface area contributed by atoms with E-state index in [0.29, 0.717) is 18.6 Å². The van der Waals surface area contributed by atoms with Crippen LogP contribution in [0.25, 0.3) is 10.2 Å². The van der Waals surface area contributed by atoms with E-state index in [2.05, 4.69) is 10.3 Å². The van der Waals surface area contributed by atoms with Gasteiger partial charge in [-0.25, -0.2) is 4.98 Å². The van der Waals surface area contributed by atoms with Gasteiger partial charge < -0.3 is 15.2 Å². The number of amides is 1. The van der Waals surface area contributed by atoms with E-state index in [9.17, 15) is 9.90 Å². The van der Waals surface area contributed by atoms with Gasteiger partial charge in [0.15, 0.2) is 0 Å². The predicted octanol–water partition coefficient (Wildman–Crippen LogP) is 1.18. The van der Waals surface area contributed by atoms with Crippen LogP contribution in [0.15, 0.2) is 23.7 Å². The lowest BCUT2D eigenvalue weighted by Gasteiger charge is -2.20. The smallest absolute Gasteiger partial charge is 0.251 e. The van der Waals surface area contributed by atoms with Crippen molar-refractivity contribution in [2.75, 3.05) is 19.8 Å². The zero-order chi connectivity index (χ0) is 13.3. The molecule has 6 heteroatoms. The molecule has 1 aliphatic rings. The summed E-state index contributed by atoms with van der Waals surface area (Å²) >= 11 is 1.50. The third kappa shape index (κ3) is 2.60. The Morgan fingerprint density at radius 2 is 2.47 bits per heavy atom. The zero-order valence-electron chi connectivity index (χ0n) is 10.3. The number of hydrogen-bond acceptors (Lipinski definition) is 5. The minimum Gasteiger partial charge on any atom is -0.386 e. The number of fused-ring (bicyclic) bond motifs is 1. The largest absolute Gasteiger partial charge is 0.386 e. The number of benzene rings is 1. The molecule has 0 bridgehead atoms. The summed E-state index contributed by atoms with van der Waals surface area (Å²) < 4.78 is 6.12. The van der Waals surface area contributed by atoms with E-state index < -0.39 is 5.60 Å². The molecule has 1 atom stereocenters. The minimum absolute atomic E-state index is 0.185. The number of rotatable bonds is 3. The third-order valence-electron chi connectivity index (χ3n) is 3.25. The Kier molecular flexibility index (Phi) is 3.22. The lowest BCUT2D eigenvalue weighted by molar-refractivity contribution is 0.0264. The molecule has 2 N–H and O–H groups in total. The maximum absolute atomic E-state index is 12.0. The third-order valence-corrected chi connectivity index (χ3v) is 4.05. The fraction of sp³-hybridized carbons (Fsp3) is 0.385. The first-order valence-electron chi connectivity index (χ1n) is 6.08. The lowest BCUT2D eigenvalue weighted by atomic mass is 10.0. The molecule has 19 heavy (non-hydrogen) atoms. The lowest BCUT2D eigenvalue weighted by Crippen LogP contribution is -2.43. The highest BCUT2D eigenvalue weighted by Gasteiger charge is 2.32. The summed E-state index contributed by atoms with van der Waals surface area (Å²) in [6.45, 7) is 1.03. The number of carbonyl (C=O) groups is 1. The van der Waals surface area contributed by atoms with Crippen molar-refractivity contribution in [3.8, 4) is 0 Å². The number of nitrogens with zero attached hydrogens (tertiary/aromatic N) is 1. The van der Waals surface area contributed by atoms with E-state index in [1.165, 1.54) is 11.3 Å². The summed E-state index contributed by atoms with van der Waals surface area (Å²) in [6, 6.07) is 5.39. The molecule has 0 spiro atoms. The van der Waals surface area contributed by atoms with Gasteiger partial charge in [0.05, 0.1) is 22.3 Å². The average molecular weight is 278 g/mol. The molecule has 1 unspecified atom stereocenters. The van der Waals surface area contributed by atoms with E-state index in [-0.39, 0.29) is 19.1 Å². The number of nitrogens with one attached hydrogen (secondary N) is 1. The summed E-state index contributed by atoms with van der Waals surface area (Å²) in [4.78, 5) is 16.2. The van der Waals surface area contributed by atoms with E-state index >= 15 is 0 Å². The van der Waals surface area contributed by atoms with E-state index in [0.717, 1.165) is 10.2 Å². The van der Waals surface area contributed by atoms with E-state index in [1.54, 1.807) is 11.6 Å². The predicted molar refractivity (Wildman–Crippen MR) is 72.3 cm³/mol. The standard InChI is InChI=1S/C13H14N2O3S/c16-12(14-6-13(17)3-4-18-7-13)9-1-2-10-11(5-9)19-8-15-10/h1-2,5,8,17H,3-4,6-7H2,(H,14,16). The van der Waals surface area contributed by atoms with Crippen molar-refractivity contribution in [2.45, 2.75) is 12.0 Å². The first-order chi connectivity index (χ1) is 9.16. The van der Waals surface area contributed by atoms with Gasteiger partial charge in [0, 0.05) is 25.1 Å². The number of hydrogen-bond donors (Lipinski definition) is 2. The molecular weight excluding hydrogens is 264 g/mol. The first-order valence-corrected chi connectivity index (χ1v) is 6.96. The van der Waals surface area contributed by atoms with Crippen molar-refractivity contribution >= 4 is 27.5 Å². The maximum Gasteiger partial charge on any atom is 0.251 e. The second-order valence-corrected chi connectivity index (χ2v) is 5.63. The zero-order valence-corrected chi connectivity index (χ0v) is 11.1. The Morgan fingerprint density at radius 1 is 1.58 bits per heavy atom. The van der Waals surface area contributed by atoms with Gasteiger partial charge in [-0.1, -0.05) is 0 Å². The highest BCUT2D eigenvalue weighted by molar-refractivity contribution is 7.16. The average Bonchev–Trinajstić information content (AvgIpc) is 3.04. The van der Waals surface area contributed by atoms with Crippen LogP contribution in [0.1, 0.15) is 16.8 Å². The molecular formula is C13H14N2O3S. The van der Waals surface area contributed by atoms with Gasteiger partial charge >= 0.3 is 0 Å². The van der Waals surface area contributed by atoms with Crippen molar-refractivity contribution in [1.82, 2.24) is 10.3 Å². The second-order valence-electron chi connectivity index (χ2n) is 4.74. The first kappa shape index (κ1) is 12.5. The summed E-state index contributed by atoms with van der Waals surface area (Å²) in [6.07, 6.45) is 0.557. The molecule has 1 aliphatic heterocycles. The van der Waals surface area contributed by atoms with Gasteiger partial charge in [0.25, 0.3) is 5.91 Å². The molecule has 0 radical (unpaired) electrons. The van der Waals surface area contributed by atoms with Crippen LogP contribution in [0.3, 0.4) is 0 Å². The molecule has 1 fully saturated rings. The molecule has 3 rings (SSSR count). The number of thiazole rings is 1. The molecule has 1 amide bonds. The van der Waals surface area contributed by atoms with Gasteiger partial charge in [-0.2, -0.15) is 0 Å². The van der Waals surface area contributed by atoms with Crippen LogP contribution in [-0.4, -0.2) is 41.4 Å². The molecule has 1 saturated heterocycles. The second kappa shape index (κ2) is 4.88. The molecule has 100 valence electrons. The molecule has 5 nitrogen and oxygen atoms in total. The van der Waals surface area contributed by atoms with Crippen molar-refractivity contribution in [3.63, 3.8) is 0 Å². The Hall–Kier alpha value is -1.50. The number of ether oxygens (including phenoxy) is 1. The fourth-order valence-corrected chi connectivity index (χ4v) is 2.80. The molecule has 0 aliphatic carbocycles. The Labute approximate surface area is 114 Å². The van der Waals surface area contributed by atoms with Crippen molar-refractivity contribution in [3.05, 3.63) is 29.3 Å². The number of carbonyl (C=O) groups excluding carboxylic acids is 1. The van der Waals surface area contributed by atoms with Crippen molar-refractivity contribution in [1.29, 1.82) is 0 Å². The monoisotopic (exact) mass is 278 g/mol. The van der Waals surface area contributed by atoms with E-state index in [1.807, 2.05) is 12.1 Å². The Balaban J connectivity index is 1.69. The van der Waals surface area contributed by atoms with Gasteiger partial charge in [-0.15, -0.1) is 11.3 Å². The van der Waals surface area contributed by atoms with Gasteiger partial charge in [0.1, 0.15) is 5.60 Å². The molecule has 1 aromatic carbocycles. The topological polar surface area (TPSA) is 71.5 Å². The molecule has 0 saturated carbocycles. The van der Waals surface area contributed by atoms with E-state index in [4.69, 9.17) is 4.74 Å². The SMILES string of the molecule is O=C(NCC1(O)CCOC1)c1ccc2ncsc2c1. The van der Waals surface area contributed by atoms with Crippen LogP contribution in [0.4, 0.5) is 0 Å². The Morgan fingerprint density at radius 3 is 3.26 bits per heavy atom. The molecule has 2 aromatic rings. The quantitative estimate of drug-likeness (QED) is 0.884. The van der Waals surface area contributed by atoms with Crippen LogP contribution in [-0.2, 0) is 4.74 Å². The summed E-state index contributed by atoms with van der Waals surface area (Å²) in [7, 11) is 0. The highest BCUT2D eigenvalue weighted by Crippen LogP contribution is 2.20. The van der Waals surface area contributed by atoms with Crippen LogP contribution in [0.5, 0.6) is 0 Å². The number of aromatic nitrogens is 1. The maximum atomic E-state index is 12.0. The minimum atomic E-state index is -0.926. The normalized spacial score (nSPS) is 22.8. The van der Waals surface area contributed by atoms with Crippen LogP contribution in [0, 0.1) is 0 Å². The van der Waals surface area contributed by atoms with Crippen molar-refractivity contribution < 1.29 is 14.6 Å². The Bertz CT molecular complexity index is 605. The summed E-state index contributed by atoms with van der Waals surface area (Å²) in [5.74, 6) is -0.185. The molecule has 2 heterocycles. The van der Waals surface area contributed by atoms with Gasteiger partial charge in [0.2, 0.25) is 0 Å². The highest BCUT2D eigenvalue weighted by atomic mass is 32.1. The van der Waals surface area contributed by atoms with Crippen LogP contribution < -0.4 is 5.32 Å². The molecule has 1 aromatic heterocycles. The van der Waals surface area contributed by atoms with Gasteiger partial charge in [-0.05, 0) is 18.2 Å². The summed E-state index contributed by atoms with van der Waals surface area (Å²) in [5.41, 5.74) is 2.30.